The molecule has 6 rings (SSSR count). The first-order valence-corrected chi connectivity index (χ1v) is 10.2. The summed E-state index contributed by atoms with van der Waals surface area (Å²) in [5, 5.41) is 2.15. The summed E-state index contributed by atoms with van der Waals surface area (Å²) >= 11 is 0. The van der Waals surface area contributed by atoms with Crippen LogP contribution in [0.15, 0.2) is 103 Å². The van der Waals surface area contributed by atoms with Crippen molar-refractivity contribution in [3.63, 3.8) is 0 Å². The van der Waals surface area contributed by atoms with Crippen molar-refractivity contribution in [3.05, 3.63) is 115 Å². The van der Waals surface area contributed by atoms with Crippen LogP contribution in [0.3, 0.4) is 0 Å². The third-order valence-corrected chi connectivity index (χ3v) is 5.26. The van der Waals surface area contributed by atoms with Crippen LogP contribution >= 0.6 is 0 Å². The predicted molar refractivity (Wildman–Crippen MR) is 126 cm³/mol. The molecule has 0 atom stereocenters. The van der Waals surface area contributed by atoms with Gasteiger partial charge >= 0.3 is 21.1 Å². The summed E-state index contributed by atoms with van der Waals surface area (Å²) in [6.45, 7) is 0. The number of hydrogen-bond donors (Lipinski definition) is 0. The Morgan fingerprint density at radius 3 is 2.55 bits per heavy atom. The fourth-order valence-electron chi connectivity index (χ4n) is 3.87. The molecule has 33 heavy (non-hydrogen) atoms. The SMILES string of the molecule is [2H]c1ccnc(Oc2[c-]c(-c3[c-]c4c(cc3)c3ccccc3n4-c3cccc([2H])n3)ccc2)c1.[Pt+2]. The molecular formula is C28H17N3OPt. The van der Waals surface area contributed by atoms with E-state index in [9.17, 15) is 0 Å². The van der Waals surface area contributed by atoms with Crippen molar-refractivity contribution in [2.75, 3.05) is 0 Å². The van der Waals surface area contributed by atoms with E-state index in [-0.39, 0.29) is 27.2 Å². The van der Waals surface area contributed by atoms with Gasteiger partial charge in [0.2, 0.25) is 5.88 Å². The van der Waals surface area contributed by atoms with Gasteiger partial charge in [0.05, 0.1) is 2.74 Å². The first kappa shape index (κ1) is 18.8. The fraction of sp³-hybridized carbons (Fsp3) is 0. The second kappa shape index (κ2) is 9.01. The van der Waals surface area contributed by atoms with Gasteiger partial charge in [-0.1, -0.05) is 35.7 Å². The quantitative estimate of drug-likeness (QED) is 0.211. The molecule has 0 bridgehead atoms. The Balaban J connectivity index is 0.00000253. The zero-order valence-corrected chi connectivity index (χ0v) is 19.5. The molecule has 3 heterocycles. The van der Waals surface area contributed by atoms with Crippen LogP contribution in [-0.2, 0) is 21.1 Å². The van der Waals surface area contributed by atoms with Crippen LogP contribution in [0.5, 0.6) is 11.6 Å². The molecule has 0 aliphatic rings. The van der Waals surface area contributed by atoms with E-state index in [0.29, 0.717) is 23.5 Å². The van der Waals surface area contributed by atoms with E-state index in [2.05, 4.69) is 40.3 Å². The maximum absolute atomic E-state index is 7.99. The minimum atomic E-state index is 0. The summed E-state index contributed by atoms with van der Waals surface area (Å²) in [7, 11) is 0. The van der Waals surface area contributed by atoms with E-state index in [1.54, 1.807) is 30.5 Å². The molecule has 160 valence electrons. The summed E-state index contributed by atoms with van der Waals surface area (Å²) in [5.74, 6) is 1.53. The minimum Gasteiger partial charge on any atom is -0.460 e. The molecule has 0 radical (unpaired) electrons. The molecule has 5 heteroatoms. The van der Waals surface area contributed by atoms with E-state index < -0.39 is 0 Å². The van der Waals surface area contributed by atoms with Gasteiger partial charge in [0, 0.05) is 29.7 Å². The maximum Gasteiger partial charge on any atom is 2.00 e. The number of rotatable bonds is 4. The second-order valence-corrected chi connectivity index (χ2v) is 7.24. The Hall–Kier alpha value is -3.75. The Morgan fingerprint density at radius 1 is 0.758 bits per heavy atom. The average Bonchev–Trinajstić information content (AvgIpc) is 3.18. The van der Waals surface area contributed by atoms with Crippen molar-refractivity contribution in [2.24, 2.45) is 0 Å². The number of benzene rings is 3. The molecule has 0 N–H and O–H groups in total. The molecule has 0 saturated heterocycles. The van der Waals surface area contributed by atoms with Crippen LogP contribution in [0, 0.1) is 12.1 Å². The molecule has 3 aromatic carbocycles. The van der Waals surface area contributed by atoms with Gasteiger partial charge in [-0.3, -0.25) is 0 Å². The average molecular weight is 609 g/mol. The number of para-hydroxylation sites is 1. The third kappa shape index (κ3) is 3.94. The molecular weight excluding hydrogens is 589 g/mol. The molecule has 0 aliphatic heterocycles. The summed E-state index contributed by atoms with van der Waals surface area (Å²) in [5.41, 5.74) is 3.55. The number of hydrogen-bond acceptors (Lipinski definition) is 3. The number of fused-ring (bicyclic) bond motifs is 3. The van der Waals surface area contributed by atoms with Gasteiger partial charge in [0.15, 0.2) is 0 Å². The van der Waals surface area contributed by atoms with Crippen LogP contribution < -0.4 is 4.74 Å². The molecule has 0 amide bonds. The smallest absolute Gasteiger partial charge is 0.460 e. The van der Waals surface area contributed by atoms with E-state index in [0.717, 1.165) is 32.9 Å². The number of ether oxygens (including phenoxy) is 1. The Morgan fingerprint density at radius 2 is 1.64 bits per heavy atom. The second-order valence-electron chi connectivity index (χ2n) is 7.24. The van der Waals surface area contributed by atoms with E-state index in [1.807, 2.05) is 47.0 Å². The van der Waals surface area contributed by atoms with Crippen molar-refractivity contribution < 1.29 is 28.5 Å². The van der Waals surface area contributed by atoms with Crippen molar-refractivity contribution >= 4 is 21.8 Å². The minimum absolute atomic E-state index is 0. The first-order chi connectivity index (χ1) is 16.7. The van der Waals surface area contributed by atoms with E-state index in [4.69, 9.17) is 7.48 Å². The number of nitrogens with zero attached hydrogens (tertiary/aromatic N) is 3. The van der Waals surface area contributed by atoms with Gasteiger partial charge in [-0.2, -0.15) is 24.3 Å². The Bertz CT molecular complexity index is 1680. The van der Waals surface area contributed by atoms with Gasteiger partial charge in [-0.05, 0) is 35.2 Å². The largest absolute Gasteiger partial charge is 2.00 e. The Kier molecular flexibility index (Phi) is 5.13. The predicted octanol–water partition coefficient (Wildman–Crippen LogP) is 6.63. The molecule has 0 fully saturated rings. The van der Waals surface area contributed by atoms with Crippen molar-refractivity contribution in [2.45, 2.75) is 0 Å². The third-order valence-electron chi connectivity index (χ3n) is 5.26. The van der Waals surface area contributed by atoms with Crippen LogP contribution in [0.1, 0.15) is 2.74 Å². The molecule has 6 aromatic rings. The monoisotopic (exact) mass is 608 g/mol. The zero-order valence-electron chi connectivity index (χ0n) is 19.2. The maximum atomic E-state index is 7.99. The van der Waals surface area contributed by atoms with Crippen molar-refractivity contribution in [1.82, 2.24) is 14.5 Å². The van der Waals surface area contributed by atoms with Crippen LogP contribution in [0.2, 0.25) is 0 Å². The summed E-state index contributed by atoms with van der Waals surface area (Å²) in [6, 6.07) is 33.6. The molecule has 0 saturated carbocycles. The van der Waals surface area contributed by atoms with Crippen LogP contribution in [-0.4, -0.2) is 14.5 Å². The standard InChI is InChI=1S/C28H17N3O.Pt/c1-2-11-25-23(10-1)24-15-14-21(19-26(24)31(25)27-12-3-5-16-29-27)20-8-7-9-22(18-20)32-28-13-4-6-17-30-28;/h1-17H;/q-2;+2/i4D,16D;. The first-order valence-electron chi connectivity index (χ1n) is 11.2. The molecule has 4 nitrogen and oxygen atoms in total. The normalized spacial score (nSPS) is 11.6. The van der Waals surface area contributed by atoms with E-state index >= 15 is 0 Å². The van der Waals surface area contributed by atoms with Crippen LogP contribution in [0.4, 0.5) is 0 Å². The van der Waals surface area contributed by atoms with Crippen molar-refractivity contribution in [1.29, 1.82) is 0 Å². The number of aromatic nitrogens is 3. The summed E-state index contributed by atoms with van der Waals surface area (Å²) in [6.07, 6.45) is 1.75. The molecule has 0 aliphatic carbocycles. The van der Waals surface area contributed by atoms with Gasteiger partial charge in [0.25, 0.3) is 0 Å². The van der Waals surface area contributed by atoms with Gasteiger partial charge in [0.1, 0.15) is 5.82 Å². The molecule has 0 unspecified atom stereocenters. The summed E-state index contributed by atoms with van der Waals surface area (Å²) in [4.78, 5) is 8.61. The summed E-state index contributed by atoms with van der Waals surface area (Å²) < 4.78 is 23.6. The topological polar surface area (TPSA) is 39.9 Å². The zero-order chi connectivity index (χ0) is 23.1. The van der Waals surface area contributed by atoms with Gasteiger partial charge in [-0.25, -0.2) is 21.1 Å². The fourth-order valence-corrected chi connectivity index (χ4v) is 3.87. The molecule has 3 aromatic heterocycles. The van der Waals surface area contributed by atoms with Gasteiger partial charge < -0.3 is 9.30 Å². The Labute approximate surface area is 208 Å². The molecule has 0 spiro atoms. The van der Waals surface area contributed by atoms with Crippen molar-refractivity contribution in [3.8, 4) is 28.6 Å². The van der Waals surface area contributed by atoms with Crippen LogP contribution in [0.25, 0.3) is 38.8 Å². The van der Waals surface area contributed by atoms with E-state index in [1.165, 1.54) is 0 Å². The van der Waals surface area contributed by atoms with Gasteiger partial charge in [-0.15, -0.1) is 18.2 Å². The number of pyridine rings is 2.